The Kier molecular flexibility index (Phi) is 8.03. The molecule has 9 nitrogen and oxygen atoms in total. The first-order valence-electron chi connectivity index (χ1n) is 13.9. The van der Waals surface area contributed by atoms with Gasteiger partial charge in [-0.3, -0.25) is 14.4 Å². The lowest BCUT2D eigenvalue weighted by molar-refractivity contribution is -0.0369. The van der Waals surface area contributed by atoms with Gasteiger partial charge in [-0.05, 0) is 60.7 Å². The van der Waals surface area contributed by atoms with Crippen molar-refractivity contribution in [3.8, 4) is 0 Å². The van der Waals surface area contributed by atoms with Gasteiger partial charge in [0.2, 0.25) is 0 Å². The lowest BCUT2D eigenvalue weighted by Crippen LogP contribution is -2.27. The molecular weight excluding hydrogens is 554 g/mol. The van der Waals surface area contributed by atoms with Crippen LogP contribution in [0.4, 0.5) is 0 Å². The number of rotatable bonds is 8. The van der Waals surface area contributed by atoms with E-state index in [9.17, 15) is 14.4 Å². The summed E-state index contributed by atoms with van der Waals surface area (Å²) in [6, 6.07) is 21.3. The number of halogens is 1. The Morgan fingerprint density at radius 2 is 1.69 bits per heavy atom. The number of carbonyl (C=O) groups is 1. The standard InChI is InChI=1S/C32H30ClN5O4/c33-25-12-13-28-26(17-25)27(35-38(28)31-6-2-4-16-42-31)18-34-32(41)24-11-14-30(40)37(21-24)20-23-9-7-22(8-10-23)19-36-15-3-1-5-29(36)39/h1,3,5,7-15,17,21,31H,2,4,6,16,18-20H2,(H,34,41). The maximum absolute atomic E-state index is 13.2. The normalized spacial score (nSPS) is 15.1. The highest BCUT2D eigenvalue weighted by Crippen LogP contribution is 2.29. The van der Waals surface area contributed by atoms with Crippen molar-refractivity contribution in [3.05, 3.63) is 133 Å². The summed E-state index contributed by atoms with van der Waals surface area (Å²) in [4.78, 5) is 37.8. The maximum Gasteiger partial charge on any atom is 0.253 e. The number of ether oxygens (including phenoxy) is 1. The molecule has 3 aromatic heterocycles. The molecule has 0 saturated carbocycles. The number of fused-ring (bicyclic) bond motifs is 1. The predicted octanol–water partition coefficient (Wildman–Crippen LogP) is 4.74. The van der Waals surface area contributed by atoms with E-state index in [1.54, 1.807) is 23.0 Å². The van der Waals surface area contributed by atoms with Gasteiger partial charge < -0.3 is 19.2 Å². The molecule has 2 aromatic carbocycles. The van der Waals surface area contributed by atoms with Crippen LogP contribution in [-0.2, 0) is 24.4 Å². The predicted molar refractivity (Wildman–Crippen MR) is 161 cm³/mol. The van der Waals surface area contributed by atoms with Crippen LogP contribution in [0.3, 0.4) is 0 Å². The first-order chi connectivity index (χ1) is 20.4. The first kappa shape index (κ1) is 27.7. The average Bonchev–Trinajstić information content (AvgIpc) is 3.37. The van der Waals surface area contributed by atoms with Crippen LogP contribution in [0.15, 0.2) is 94.8 Å². The number of nitrogens with one attached hydrogen (secondary N) is 1. The van der Waals surface area contributed by atoms with Crippen LogP contribution in [0.5, 0.6) is 0 Å². The quantitative estimate of drug-likeness (QED) is 0.284. The molecule has 0 aliphatic carbocycles. The van der Waals surface area contributed by atoms with Crippen LogP contribution >= 0.6 is 11.6 Å². The minimum absolute atomic E-state index is 0.0632. The molecule has 1 fully saturated rings. The monoisotopic (exact) mass is 583 g/mol. The zero-order valence-corrected chi connectivity index (χ0v) is 23.7. The Bertz CT molecular complexity index is 1850. The molecule has 1 unspecified atom stereocenters. The molecule has 1 aliphatic rings. The number of amides is 1. The SMILES string of the molecule is O=C(NCc1nn(C2CCCCO2)c2ccc(Cl)cc12)c1ccc(=O)n(Cc2ccc(Cn3ccccc3=O)cc2)c1. The third-order valence-corrected chi connectivity index (χ3v) is 7.70. The Labute approximate surface area is 246 Å². The third kappa shape index (κ3) is 6.07. The molecule has 1 aliphatic heterocycles. The summed E-state index contributed by atoms with van der Waals surface area (Å²) in [7, 11) is 0. The van der Waals surface area contributed by atoms with Crippen molar-refractivity contribution in [2.75, 3.05) is 6.61 Å². The Morgan fingerprint density at radius 1 is 0.929 bits per heavy atom. The second kappa shape index (κ2) is 12.2. The number of aromatic nitrogens is 4. The van der Waals surface area contributed by atoms with E-state index in [1.165, 1.54) is 22.8 Å². The Hall–Kier alpha value is -4.47. The summed E-state index contributed by atoms with van der Waals surface area (Å²) in [6.45, 7) is 1.66. The first-order valence-corrected chi connectivity index (χ1v) is 14.3. The van der Waals surface area contributed by atoms with Gasteiger partial charge in [-0.15, -0.1) is 0 Å². The highest BCUT2D eigenvalue weighted by atomic mass is 35.5. The summed E-state index contributed by atoms with van der Waals surface area (Å²) in [5.41, 5.74) is 3.57. The Balaban J connectivity index is 1.15. The van der Waals surface area contributed by atoms with E-state index in [0.29, 0.717) is 36.0 Å². The summed E-state index contributed by atoms with van der Waals surface area (Å²) in [5.74, 6) is -0.314. The smallest absolute Gasteiger partial charge is 0.253 e. The minimum atomic E-state index is -0.314. The van der Waals surface area contributed by atoms with Gasteiger partial charge in [0.05, 0.1) is 36.4 Å². The van der Waals surface area contributed by atoms with E-state index in [4.69, 9.17) is 21.4 Å². The van der Waals surface area contributed by atoms with Gasteiger partial charge >= 0.3 is 0 Å². The molecule has 0 bridgehead atoms. The van der Waals surface area contributed by atoms with E-state index < -0.39 is 0 Å². The van der Waals surface area contributed by atoms with Gasteiger partial charge in [-0.1, -0.05) is 41.9 Å². The molecule has 1 atom stereocenters. The van der Waals surface area contributed by atoms with Crippen LogP contribution in [0.2, 0.25) is 5.02 Å². The van der Waals surface area contributed by atoms with Crippen molar-refractivity contribution in [1.29, 1.82) is 0 Å². The van der Waals surface area contributed by atoms with Gasteiger partial charge in [0.1, 0.15) is 0 Å². The molecule has 4 heterocycles. The molecule has 5 aromatic rings. The highest BCUT2D eigenvalue weighted by molar-refractivity contribution is 6.31. The number of hydrogen-bond donors (Lipinski definition) is 1. The van der Waals surface area contributed by atoms with Crippen LogP contribution in [0.25, 0.3) is 10.9 Å². The molecule has 214 valence electrons. The van der Waals surface area contributed by atoms with Crippen LogP contribution in [-0.4, -0.2) is 31.4 Å². The van der Waals surface area contributed by atoms with Crippen molar-refractivity contribution >= 4 is 28.4 Å². The fourth-order valence-electron chi connectivity index (χ4n) is 5.23. The number of hydrogen-bond acceptors (Lipinski definition) is 5. The topological polar surface area (TPSA) is 100 Å². The van der Waals surface area contributed by atoms with Crippen molar-refractivity contribution in [3.63, 3.8) is 0 Å². The van der Waals surface area contributed by atoms with Gasteiger partial charge in [-0.2, -0.15) is 5.10 Å². The van der Waals surface area contributed by atoms with Gasteiger partial charge in [0.15, 0.2) is 6.23 Å². The van der Waals surface area contributed by atoms with Crippen LogP contribution in [0.1, 0.15) is 52.7 Å². The Morgan fingerprint density at radius 3 is 2.43 bits per heavy atom. The van der Waals surface area contributed by atoms with Crippen molar-refractivity contribution in [1.82, 2.24) is 24.2 Å². The lowest BCUT2D eigenvalue weighted by Gasteiger charge is -2.23. The molecule has 10 heteroatoms. The third-order valence-electron chi connectivity index (χ3n) is 7.46. The summed E-state index contributed by atoms with van der Waals surface area (Å²) in [5, 5.41) is 9.19. The molecule has 0 spiro atoms. The van der Waals surface area contributed by atoms with Crippen molar-refractivity contribution in [2.45, 2.75) is 45.1 Å². The molecule has 0 radical (unpaired) electrons. The highest BCUT2D eigenvalue weighted by Gasteiger charge is 2.21. The van der Waals surface area contributed by atoms with E-state index in [-0.39, 0.29) is 29.8 Å². The minimum Gasteiger partial charge on any atom is -0.356 e. The fraction of sp³-hybridized carbons (Fsp3) is 0.250. The molecular formula is C32H30ClN5O4. The van der Waals surface area contributed by atoms with Crippen molar-refractivity contribution < 1.29 is 9.53 Å². The zero-order chi connectivity index (χ0) is 29.1. The zero-order valence-electron chi connectivity index (χ0n) is 22.9. The second-order valence-corrected chi connectivity index (χ2v) is 10.9. The van der Waals surface area contributed by atoms with Crippen LogP contribution < -0.4 is 16.4 Å². The van der Waals surface area contributed by atoms with Crippen molar-refractivity contribution in [2.24, 2.45) is 0 Å². The van der Waals surface area contributed by atoms with E-state index in [2.05, 4.69) is 5.32 Å². The summed E-state index contributed by atoms with van der Waals surface area (Å²) < 4.78 is 11.0. The molecule has 1 N–H and O–H groups in total. The molecule has 6 rings (SSSR count). The van der Waals surface area contributed by atoms with E-state index >= 15 is 0 Å². The van der Waals surface area contributed by atoms with Gasteiger partial charge in [0, 0.05) is 41.5 Å². The molecule has 1 amide bonds. The lowest BCUT2D eigenvalue weighted by atomic mass is 10.1. The second-order valence-electron chi connectivity index (χ2n) is 10.4. The summed E-state index contributed by atoms with van der Waals surface area (Å²) in [6.07, 6.45) is 6.16. The van der Waals surface area contributed by atoms with Gasteiger partial charge in [-0.25, -0.2) is 4.68 Å². The van der Waals surface area contributed by atoms with Crippen LogP contribution in [0, 0.1) is 0 Å². The molecule has 1 saturated heterocycles. The number of nitrogens with zero attached hydrogens (tertiary/aromatic N) is 4. The number of carbonyl (C=O) groups excluding carboxylic acids is 1. The number of benzene rings is 2. The largest absolute Gasteiger partial charge is 0.356 e. The average molecular weight is 584 g/mol. The number of pyridine rings is 2. The molecule has 42 heavy (non-hydrogen) atoms. The van der Waals surface area contributed by atoms with Gasteiger partial charge in [0.25, 0.3) is 17.0 Å². The maximum atomic E-state index is 13.2. The van der Waals surface area contributed by atoms with E-state index in [1.807, 2.05) is 53.2 Å². The summed E-state index contributed by atoms with van der Waals surface area (Å²) >= 11 is 6.29. The van der Waals surface area contributed by atoms with E-state index in [0.717, 1.165) is 41.3 Å². The fourth-order valence-corrected chi connectivity index (χ4v) is 5.41.